The van der Waals surface area contributed by atoms with Crippen LogP contribution >= 0.6 is 7.82 Å². The van der Waals surface area contributed by atoms with Gasteiger partial charge in [0.2, 0.25) is 0 Å². The summed E-state index contributed by atoms with van der Waals surface area (Å²) in [7, 11) is -5.00. The van der Waals surface area contributed by atoms with E-state index in [0.717, 1.165) is 0 Å². The molecule has 0 radical (unpaired) electrons. The maximum Gasteiger partial charge on any atom is 0.470 e. The number of hydrogen-bond acceptors (Lipinski definition) is 6. The highest BCUT2D eigenvalue weighted by Gasteiger charge is 2.43. The van der Waals surface area contributed by atoms with Gasteiger partial charge in [0, 0.05) is 5.56 Å². The Morgan fingerprint density at radius 2 is 1.64 bits per heavy atom. The van der Waals surface area contributed by atoms with Crippen molar-refractivity contribution in [3.63, 3.8) is 0 Å². The number of nitrogens with zero attached hydrogens (tertiary/aromatic N) is 6. The van der Waals surface area contributed by atoms with Gasteiger partial charge < -0.3 is 9.79 Å². The van der Waals surface area contributed by atoms with Crippen molar-refractivity contribution >= 4 is 7.82 Å². The molecule has 2 aromatic heterocycles. The highest BCUT2D eigenvalue weighted by atomic mass is 31.2. The van der Waals surface area contributed by atoms with E-state index in [0.29, 0.717) is 0 Å². The van der Waals surface area contributed by atoms with Crippen LogP contribution in [0.1, 0.15) is 5.56 Å². The van der Waals surface area contributed by atoms with E-state index in [1.54, 1.807) is 6.07 Å². The second kappa shape index (κ2) is 6.81. The monoisotopic (exact) mass is 368 g/mol. The minimum atomic E-state index is -5.00. The van der Waals surface area contributed by atoms with E-state index in [-0.39, 0.29) is 18.7 Å². The molecule has 10 nitrogen and oxygen atoms in total. The molecule has 0 fully saturated rings. The highest BCUT2D eigenvalue weighted by Crippen LogP contribution is 2.47. The van der Waals surface area contributed by atoms with Crippen molar-refractivity contribution in [3.8, 4) is 0 Å². The lowest BCUT2D eigenvalue weighted by atomic mass is 9.93. The number of aromatic nitrogens is 6. The number of rotatable bonds is 7. The fraction of sp³-hybridized carbons (Fsp3) is 0.231. The lowest BCUT2D eigenvalue weighted by Gasteiger charge is -2.33. The molecule has 3 rings (SSSR count). The van der Waals surface area contributed by atoms with Crippen LogP contribution < -0.4 is 0 Å². The van der Waals surface area contributed by atoms with E-state index >= 15 is 0 Å². The van der Waals surface area contributed by atoms with Gasteiger partial charge in [-0.25, -0.2) is 28.3 Å². The number of phosphoric ester groups is 1. The standard InChI is InChI=1S/C13H14FN6O4P/c14-12-4-2-1-3-11(12)13(24-25(21,22)23,5-19-9-15-7-17-19)6-20-10-16-8-18-20/h1-4,7-10H,5-6H2,(H2,21,22,23). The molecule has 0 spiro atoms. The minimum Gasteiger partial charge on any atom is -0.303 e. The fourth-order valence-electron chi connectivity index (χ4n) is 2.54. The van der Waals surface area contributed by atoms with Crippen LogP contribution in [0.25, 0.3) is 0 Å². The van der Waals surface area contributed by atoms with E-state index in [4.69, 9.17) is 4.52 Å². The lowest BCUT2D eigenvalue weighted by Crippen LogP contribution is -2.39. The molecule has 132 valence electrons. The van der Waals surface area contributed by atoms with E-state index in [9.17, 15) is 18.7 Å². The van der Waals surface area contributed by atoms with Gasteiger partial charge in [-0.05, 0) is 6.07 Å². The van der Waals surface area contributed by atoms with Gasteiger partial charge in [0.15, 0.2) is 0 Å². The van der Waals surface area contributed by atoms with Crippen LogP contribution in [-0.2, 0) is 27.8 Å². The molecule has 1 aromatic carbocycles. The molecule has 3 aromatic rings. The fourth-order valence-corrected chi connectivity index (χ4v) is 3.21. The van der Waals surface area contributed by atoms with Crippen LogP contribution in [0.4, 0.5) is 4.39 Å². The van der Waals surface area contributed by atoms with Crippen molar-refractivity contribution in [2.45, 2.75) is 18.7 Å². The summed E-state index contributed by atoms with van der Waals surface area (Å²) < 4.78 is 33.8. The second-order valence-corrected chi connectivity index (χ2v) is 6.41. The largest absolute Gasteiger partial charge is 0.470 e. The van der Waals surface area contributed by atoms with E-state index in [1.165, 1.54) is 52.9 Å². The molecular weight excluding hydrogens is 354 g/mol. The molecule has 12 heteroatoms. The summed E-state index contributed by atoms with van der Waals surface area (Å²) in [6.45, 7) is -0.419. The molecule has 2 N–H and O–H groups in total. The van der Waals surface area contributed by atoms with Crippen LogP contribution in [-0.4, -0.2) is 39.3 Å². The summed E-state index contributed by atoms with van der Waals surface area (Å²) in [5, 5.41) is 7.84. The SMILES string of the molecule is O=P(O)(O)OC(Cn1cncn1)(Cn1cncn1)c1ccccc1F. The third-order valence-corrected chi connectivity index (χ3v) is 4.01. The number of phosphoric acid groups is 1. The molecular formula is C13H14FN6O4P. The first-order chi connectivity index (χ1) is 11.9. The van der Waals surface area contributed by atoms with Gasteiger partial charge in [-0.15, -0.1) is 0 Å². The summed E-state index contributed by atoms with van der Waals surface area (Å²) in [5.74, 6) is -0.684. The summed E-state index contributed by atoms with van der Waals surface area (Å²) >= 11 is 0. The quantitative estimate of drug-likeness (QED) is 0.584. The van der Waals surface area contributed by atoms with Crippen LogP contribution in [0, 0.1) is 5.82 Å². The van der Waals surface area contributed by atoms with Gasteiger partial charge in [0.1, 0.15) is 36.7 Å². The Labute approximate surface area is 141 Å². The Morgan fingerprint density at radius 1 is 1.08 bits per heavy atom. The molecule has 0 unspecified atom stereocenters. The summed E-state index contributed by atoms with van der Waals surface area (Å²) in [4.78, 5) is 26.5. The Balaban J connectivity index is 2.14. The van der Waals surface area contributed by atoms with Crippen molar-refractivity contribution < 1.29 is 23.3 Å². The molecule has 0 amide bonds. The van der Waals surface area contributed by atoms with E-state index in [1.807, 2.05) is 0 Å². The second-order valence-electron chi connectivity index (χ2n) is 5.24. The first-order valence-corrected chi connectivity index (χ1v) is 8.57. The normalized spacial score (nSPS) is 12.4. The summed E-state index contributed by atoms with van der Waals surface area (Å²) in [6.07, 6.45) is 5.16. The van der Waals surface area contributed by atoms with Crippen molar-refractivity contribution in [1.29, 1.82) is 0 Å². The van der Waals surface area contributed by atoms with Crippen LogP contribution in [0.5, 0.6) is 0 Å². The maximum absolute atomic E-state index is 14.5. The van der Waals surface area contributed by atoms with Crippen LogP contribution in [0.15, 0.2) is 49.6 Å². The molecule has 0 saturated carbocycles. The molecule has 2 heterocycles. The van der Waals surface area contributed by atoms with Gasteiger partial charge in [0.25, 0.3) is 0 Å². The van der Waals surface area contributed by atoms with E-state index < -0.39 is 19.2 Å². The molecule has 0 bridgehead atoms. The van der Waals surface area contributed by atoms with Crippen LogP contribution in [0.3, 0.4) is 0 Å². The zero-order valence-corrected chi connectivity index (χ0v) is 13.6. The predicted molar refractivity (Wildman–Crippen MR) is 81.3 cm³/mol. The number of halogens is 1. The lowest BCUT2D eigenvalue weighted by molar-refractivity contribution is -0.00818. The zero-order chi connectivity index (χ0) is 17.9. The highest BCUT2D eigenvalue weighted by molar-refractivity contribution is 7.46. The van der Waals surface area contributed by atoms with Gasteiger partial charge in [-0.2, -0.15) is 10.2 Å². The average molecular weight is 368 g/mol. The van der Waals surface area contributed by atoms with Crippen LogP contribution in [0.2, 0.25) is 0 Å². The molecule has 0 aliphatic heterocycles. The molecule has 0 atom stereocenters. The Hall–Kier alpha value is -2.46. The first-order valence-electron chi connectivity index (χ1n) is 7.04. The average Bonchev–Trinajstić information content (AvgIpc) is 3.19. The van der Waals surface area contributed by atoms with Gasteiger partial charge in [-0.1, -0.05) is 18.2 Å². The Kier molecular flexibility index (Phi) is 4.73. The molecule has 0 aliphatic rings. The summed E-state index contributed by atoms with van der Waals surface area (Å²) in [6, 6.07) is 5.57. The number of hydrogen-bond donors (Lipinski definition) is 2. The van der Waals surface area contributed by atoms with Crippen molar-refractivity contribution in [1.82, 2.24) is 29.5 Å². The zero-order valence-electron chi connectivity index (χ0n) is 12.8. The Bertz CT molecular complexity index is 830. The topological polar surface area (TPSA) is 128 Å². The van der Waals surface area contributed by atoms with Gasteiger partial charge in [0.05, 0.1) is 13.1 Å². The predicted octanol–water partition coefficient (Wildman–Crippen LogP) is 0.714. The van der Waals surface area contributed by atoms with Gasteiger partial charge >= 0.3 is 7.82 Å². The minimum absolute atomic E-state index is 0.0516. The summed E-state index contributed by atoms with van der Waals surface area (Å²) in [5.41, 5.74) is -1.85. The molecule has 0 aliphatic carbocycles. The van der Waals surface area contributed by atoms with Crippen molar-refractivity contribution in [3.05, 3.63) is 61.0 Å². The number of benzene rings is 1. The molecule has 0 saturated heterocycles. The van der Waals surface area contributed by atoms with Crippen molar-refractivity contribution in [2.75, 3.05) is 0 Å². The third-order valence-electron chi connectivity index (χ3n) is 3.43. The Morgan fingerprint density at radius 3 is 2.08 bits per heavy atom. The third kappa shape index (κ3) is 4.15. The smallest absolute Gasteiger partial charge is 0.303 e. The molecule has 25 heavy (non-hydrogen) atoms. The van der Waals surface area contributed by atoms with E-state index in [2.05, 4.69) is 20.2 Å². The van der Waals surface area contributed by atoms with Crippen molar-refractivity contribution in [2.24, 2.45) is 0 Å². The van der Waals surface area contributed by atoms with Gasteiger partial charge in [-0.3, -0.25) is 4.52 Å². The maximum atomic E-state index is 14.5. The first kappa shape index (κ1) is 17.4.